The van der Waals surface area contributed by atoms with E-state index in [9.17, 15) is 9.18 Å². The zero-order valence-corrected chi connectivity index (χ0v) is 24.0. The van der Waals surface area contributed by atoms with Crippen molar-refractivity contribution in [3.63, 3.8) is 0 Å². The monoisotopic (exact) mass is 533 g/mol. The van der Waals surface area contributed by atoms with Gasteiger partial charge in [0.15, 0.2) is 0 Å². The molecule has 208 valence electrons. The van der Waals surface area contributed by atoms with Gasteiger partial charge in [-0.15, -0.1) is 4.58 Å². The lowest BCUT2D eigenvalue weighted by Crippen LogP contribution is -2.58. The second kappa shape index (κ2) is 10.9. The van der Waals surface area contributed by atoms with Crippen molar-refractivity contribution in [3.8, 4) is 0 Å². The number of benzene rings is 2. The molecule has 0 bridgehead atoms. The van der Waals surface area contributed by atoms with Crippen molar-refractivity contribution in [1.82, 2.24) is 0 Å². The molecule has 1 fully saturated rings. The number of aryl methyl sites for hydroxylation is 2. The van der Waals surface area contributed by atoms with Gasteiger partial charge in [0.1, 0.15) is 12.4 Å². The molecule has 0 amide bonds. The number of Topliss-reactive ketones (excluding diaryl/α,β-unsaturated/α-hetero) is 1. The Bertz CT molecular complexity index is 1270. The van der Waals surface area contributed by atoms with Crippen LogP contribution in [0, 0.1) is 30.0 Å². The zero-order valence-electron chi connectivity index (χ0n) is 24.0. The van der Waals surface area contributed by atoms with Gasteiger partial charge in [-0.2, -0.15) is 4.48 Å². The van der Waals surface area contributed by atoms with Gasteiger partial charge < -0.3 is 10.5 Å². The van der Waals surface area contributed by atoms with E-state index < -0.39 is 0 Å². The van der Waals surface area contributed by atoms with E-state index in [4.69, 9.17) is 10.5 Å². The Labute approximate surface area is 232 Å². The summed E-state index contributed by atoms with van der Waals surface area (Å²) < 4.78 is 23.5. The quantitative estimate of drug-likeness (QED) is 0.232. The lowest BCUT2D eigenvalue weighted by molar-refractivity contribution is -0.981. The topological polar surface area (TPSA) is 55.3 Å². The molecule has 6 heteroatoms. The van der Waals surface area contributed by atoms with Gasteiger partial charge in [0.05, 0.1) is 13.7 Å². The van der Waals surface area contributed by atoms with E-state index in [1.54, 1.807) is 12.1 Å². The van der Waals surface area contributed by atoms with Crippen LogP contribution in [0.1, 0.15) is 69.1 Å². The largest absolute Gasteiger partial charge is 0.484 e. The van der Waals surface area contributed by atoms with E-state index >= 15 is 0 Å². The van der Waals surface area contributed by atoms with Crippen LogP contribution in [0.5, 0.6) is 0 Å². The summed E-state index contributed by atoms with van der Waals surface area (Å²) in [6.45, 7) is 8.62. The van der Waals surface area contributed by atoms with Crippen molar-refractivity contribution < 1.29 is 23.0 Å². The number of ketones is 1. The first-order valence-electron chi connectivity index (χ1n) is 14.5. The average Bonchev–Trinajstić information content (AvgIpc) is 3.59. The summed E-state index contributed by atoms with van der Waals surface area (Å²) in [5.74, 6) is 0.616. The highest BCUT2D eigenvalue weighted by Gasteiger charge is 2.47. The first kappa shape index (κ1) is 27.6. The third kappa shape index (κ3) is 6.60. The van der Waals surface area contributed by atoms with Gasteiger partial charge in [-0.25, -0.2) is 4.39 Å². The van der Waals surface area contributed by atoms with Gasteiger partial charge in [-0.05, 0) is 86.8 Å². The Morgan fingerprint density at radius 3 is 2.54 bits per heavy atom. The number of quaternary nitrogens is 1. The predicted molar refractivity (Wildman–Crippen MR) is 153 cm³/mol. The maximum Gasteiger partial charge on any atom is 0.342 e. The number of hydrogen-bond acceptors (Lipinski definition) is 3. The highest BCUT2D eigenvalue weighted by molar-refractivity contribution is 5.96. The van der Waals surface area contributed by atoms with Crippen molar-refractivity contribution in [2.75, 3.05) is 26.1 Å². The fraction of sp³-hybridized carbons (Fsp3) is 0.515. The van der Waals surface area contributed by atoms with Crippen LogP contribution in [0.3, 0.4) is 0 Å². The lowest BCUT2D eigenvalue weighted by Gasteiger charge is -2.34. The summed E-state index contributed by atoms with van der Waals surface area (Å²) in [5, 5.41) is 0. The van der Waals surface area contributed by atoms with Gasteiger partial charge in [-0.1, -0.05) is 32.0 Å². The minimum Gasteiger partial charge on any atom is -0.484 e. The van der Waals surface area contributed by atoms with Gasteiger partial charge in [0.25, 0.3) is 6.67 Å². The van der Waals surface area contributed by atoms with Gasteiger partial charge >= 0.3 is 6.34 Å². The number of nitrogens with two attached hydrogens (primary N) is 1. The summed E-state index contributed by atoms with van der Waals surface area (Å²) in [6.07, 6.45) is 8.78. The smallest absolute Gasteiger partial charge is 0.342 e. The maximum absolute atomic E-state index is 14.2. The molecule has 39 heavy (non-hydrogen) atoms. The minimum atomic E-state index is -0.209. The van der Waals surface area contributed by atoms with E-state index in [0.29, 0.717) is 25.2 Å². The zero-order chi connectivity index (χ0) is 27.8. The number of halogens is 1. The second-order valence-electron chi connectivity index (χ2n) is 13.0. The van der Waals surface area contributed by atoms with E-state index in [0.717, 1.165) is 72.3 Å². The second-order valence-corrected chi connectivity index (χ2v) is 13.0. The number of anilines is 1. The molecule has 2 aliphatic carbocycles. The molecule has 0 saturated heterocycles. The standard InChI is InChI=1S/C33H44FN3O2/c1-23-16-26(18-27(34)17-23)10-13-29-24(2)6-5-7-30(32(31(29)38)39-20-33(3)14-15-33)36-21-37(4,22-36)19-25-8-11-28(35)12-9-25/h8-9,11-12,16-18,21,24,29H,5-7,10,13-15,19-20,22,35H2,1-4H3/q+2/b32-30-/t24-,29?,37?/m1/s1. The Hall–Kier alpha value is -2.99. The van der Waals surface area contributed by atoms with Crippen molar-refractivity contribution in [1.29, 1.82) is 0 Å². The molecule has 5 nitrogen and oxygen atoms in total. The highest BCUT2D eigenvalue weighted by atomic mass is 19.1. The fourth-order valence-corrected chi connectivity index (χ4v) is 6.15. The SMILES string of the molecule is Cc1cc(F)cc(CCC2C(=O)/C(OCC3(C)CC3)=C(/[N+]3=C[N+](C)(Cc4ccc(N)cc4)C3)CCC[C@H]2C)c1. The summed E-state index contributed by atoms with van der Waals surface area (Å²) >= 11 is 0. The van der Waals surface area contributed by atoms with Crippen LogP contribution < -0.4 is 5.73 Å². The summed E-state index contributed by atoms with van der Waals surface area (Å²) in [5.41, 5.74) is 11.0. The molecular weight excluding hydrogens is 489 g/mol. The molecular formula is C33H44FN3O2+2. The molecule has 0 spiro atoms. The summed E-state index contributed by atoms with van der Waals surface area (Å²) in [6, 6.07) is 13.3. The molecule has 2 unspecified atom stereocenters. The van der Waals surface area contributed by atoms with Crippen molar-refractivity contribution in [2.45, 2.75) is 72.3 Å². The Kier molecular flexibility index (Phi) is 7.69. The normalized spacial score (nSPS) is 28.2. The van der Waals surface area contributed by atoms with Crippen molar-refractivity contribution >= 4 is 17.8 Å². The number of nitrogen functional groups attached to an aromatic ring is 1. The van der Waals surface area contributed by atoms with Crippen LogP contribution in [-0.2, 0) is 22.5 Å². The molecule has 5 rings (SSSR count). The number of hydrogen-bond donors (Lipinski definition) is 1. The Morgan fingerprint density at radius 2 is 1.87 bits per heavy atom. The number of nitrogens with zero attached hydrogens (tertiary/aromatic N) is 2. The Balaban J connectivity index is 1.40. The number of carbonyl (C=O) groups is 1. The van der Waals surface area contributed by atoms with Crippen molar-refractivity contribution in [2.24, 2.45) is 17.3 Å². The summed E-state index contributed by atoms with van der Waals surface area (Å²) in [7, 11) is 2.22. The molecule has 1 heterocycles. The number of rotatable bonds is 9. The first-order valence-corrected chi connectivity index (χ1v) is 14.5. The van der Waals surface area contributed by atoms with Crippen LogP contribution in [0.4, 0.5) is 10.1 Å². The van der Waals surface area contributed by atoms with E-state index in [1.807, 2.05) is 25.1 Å². The van der Waals surface area contributed by atoms with Crippen LogP contribution in [0.2, 0.25) is 0 Å². The van der Waals surface area contributed by atoms with Crippen LogP contribution in [0.15, 0.2) is 53.9 Å². The lowest BCUT2D eigenvalue weighted by atomic mass is 9.79. The van der Waals surface area contributed by atoms with Crippen LogP contribution in [0.25, 0.3) is 0 Å². The molecule has 3 aliphatic rings. The minimum absolute atomic E-state index is 0.127. The van der Waals surface area contributed by atoms with E-state index in [-0.39, 0.29) is 28.9 Å². The Morgan fingerprint density at radius 1 is 1.15 bits per heavy atom. The predicted octanol–water partition coefficient (Wildman–Crippen LogP) is 6.34. The number of allylic oxidation sites excluding steroid dienone is 2. The van der Waals surface area contributed by atoms with Crippen LogP contribution >= 0.6 is 0 Å². The molecule has 3 atom stereocenters. The average molecular weight is 534 g/mol. The van der Waals surface area contributed by atoms with Crippen LogP contribution in [-0.4, -0.2) is 41.5 Å². The highest BCUT2D eigenvalue weighted by Crippen LogP contribution is 2.46. The maximum atomic E-state index is 14.2. The van der Waals surface area contributed by atoms with Gasteiger partial charge in [0.2, 0.25) is 17.2 Å². The number of carbonyl (C=O) groups excluding carboxylic acids is 1. The molecule has 2 aromatic carbocycles. The van der Waals surface area contributed by atoms with Crippen molar-refractivity contribution in [3.05, 3.63) is 76.4 Å². The molecule has 0 radical (unpaired) electrons. The third-order valence-electron chi connectivity index (χ3n) is 8.86. The summed E-state index contributed by atoms with van der Waals surface area (Å²) in [4.78, 5) is 14.2. The molecule has 1 aliphatic heterocycles. The number of ether oxygens (including phenoxy) is 1. The van der Waals surface area contributed by atoms with Gasteiger partial charge in [0, 0.05) is 29.0 Å². The van der Waals surface area contributed by atoms with Gasteiger partial charge in [-0.3, -0.25) is 4.79 Å². The fourth-order valence-electron chi connectivity index (χ4n) is 6.15. The first-order chi connectivity index (χ1) is 18.5. The molecule has 0 aromatic heterocycles. The third-order valence-corrected chi connectivity index (χ3v) is 8.86. The van der Waals surface area contributed by atoms with E-state index in [1.165, 1.54) is 5.56 Å². The molecule has 1 saturated carbocycles. The molecule has 2 N–H and O–H groups in total. The van der Waals surface area contributed by atoms with E-state index in [2.05, 4.69) is 43.9 Å². The molecule has 2 aromatic rings.